The highest BCUT2D eigenvalue weighted by Crippen LogP contribution is 2.36. The molecule has 1 fully saturated rings. The van der Waals surface area contributed by atoms with Crippen molar-refractivity contribution in [1.29, 1.82) is 0 Å². The number of hydrogen-bond acceptors (Lipinski definition) is 3. The number of benzene rings is 1. The maximum atomic E-state index is 5.63. The number of halogens is 1. The molecule has 4 heteroatoms. The lowest BCUT2D eigenvalue weighted by Gasteiger charge is -2.21. The molecule has 0 saturated heterocycles. The average molecular weight is 356 g/mol. The van der Waals surface area contributed by atoms with Gasteiger partial charge in [0.2, 0.25) is 0 Å². The largest absolute Gasteiger partial charge is 0.493 e. The minimum absolute atomic E-state index is 0.573. The van der Waals surface area contributed by atoms with E-state index < -0.39 is 0 Å². The Morgan fingerprint density at radius 1 is 1.33 bits per heavy atom. The smallest absolute Gasteiger partial charge is 0.175 e. The van der Waals surface area contributed by atoms with Gasteiger partial charge in [-0.25, -0.2) is 0 Å². The Morgan fingerprint density at radius 3 is 2.67 bits per heavy atom. The first-order valence-electron chi connectivity index (χ1n) is 7.88. The van der Waals surface area contributed by atoms with Gasteiger partial charge in [-0.05, 0) is 66.2 Å². The molecule has 1 aliphatic rings. The normalized spacial score (nSPS) is 17.0. The first kappa shape index (κ1) is 16.6. The molecule has 0 spiro atoms. The molecule has 1 N–H and O–H groups in total. The van der Waals surface area contributed by atoms with Crippen LogP contribution in [0.25, 0.3) is 0 Å². The maximum Gasteiger partial charge on any atom is 0.175 e. The van der Waals surface area contributed by atoms with E-state index in [1.807, 2.05) is 6.92 Å². The highest BCUT2D eigenvalue weighted by molar-refractivity contribution is 9.10. The molecule has 0 amide bonds. The molecule has 1 aliphatic carbocycles. The Labute approximate surface area is 136 Å². The van der Waals surface area contributed by atoms with E-state index in [0.717, 1.165) is 28.4 Å². The third kappa shape index (κ3) is 4.36. The van der Waals surface area contributed by atoms with E-state index in [2.05, 4.69) is 40.3 Å². The summed E-state index contributed by atoms with van der Waals surface area (Å²) < 4.78 is 12.0. The summed E-state index contributed by atoms with van der Waals surface area (Å²) in [5.74, 6) is 2.40. The fourth-order valence-corrected chi connectivity index (χ4v) is 3.67. The van der Waals surface area contributed by atoms with Gasteiger partial charge in [0.05, 0.1) is 18.2 Å². The second-order valence-corrected chi connectivity index (χ2v) is 6.61. The van der Waals surface area contributed by atoms with Gasteiger partial charge in [0.1, 0.15) is 0 Å². The Balaban J connectivity index is 2.01. The van der Waals surface area contributed by atoms with Crippen molar-refractivity contribution in [2.75, 3.05) is 13.7 Å². The van der Waals surface area contributed by atoms with Gasteiger partial charge in [-0.1, -0.05) is 12.8 Å². The molecule has 0 aromatic heterocycles. The molecule has 0 heterocycles. The first-order valence-corrected chi connectivity index (χ1v) is 8.67. The van der Waals surface area contributed by atoms with Gasteiger partial charge in [-0.15, -0.1) is 0 Å². The molecule has 0 aliphatic heterocycles. The van der Waals surface area contributed by atoms with Crippen LogP contribution in [0.3, 0.4) is 0 Å². The van der Waals surface area contributed by atoms with Crippen molar-refractivity contribution in [2.45, 2.75) is 52.1 Å². The lowest BCUT2D eigenvalue weighted by atomic mass is 9.99. The fraction of sp³-hybridized carbons (Fsp3) is 0.647. The molecule has 0 unspecified atom stereocenters. The monoisotopic (exact) mass is 355 g/mol. The zero-order valence-electron chi connectivity index (χ0n) is 13.2. The van der Waals surface area contributed by atoms with Crippen LogP contribution in [-0.2, 0) is 6.54 Å². The molecule has 1 saturated carbocycles. The Kier molecular flexibility index (Phi) is 6.37. The summed E-state index contributed by atoms with van der Waals surface area (Å²) >= 11 is 3.58. The van der Waals surface area contributed by atoms with Gasteiger partial charge in [0, 0.05) is 12.6 Å². The summed E-state index contributed by atoms with van der Waals surface area (Å²) in [6.07, 6.45) is 5.51. The second kappa shape index (κ2) is 8.04. The van der Waals surface area contributed by atoms with E-state index >= 15 is 0 Å². The maximum absolute atomic E-state index is 5.63. The number of nitrogens with one attached hydrogen (secondary N) is 1. The van der Waals surface area contributed by atoms with E-state index in [9.17, 15) is 0 Å². The van der Waals surface area contributed by atoms with Crippen LogP contribution < -0.4 is 14.8 Å². The minimum atomic E-state index is 0.573. The van der Waals surface area contributed by atoms with Crippen molar-refractivity contribution in [3.63, 3.8) is 0 Å². The van der Waals surface area contributed by atoms with Crippen molar-refractivity contribution in [3.8, 4) is 11.5 Å². The third-order valence-corrected chi connectivity index (χ3v) is 4.90. The summed E-state index contributed by atoms with van der Waals surface area (Å²) in [6, 6.07) is 4.75. The van der Waals surface area contributed by atoms with Gasteiger partial charge < -0.3 is 14.8 Å². The molecule has 0 bridgehead atoms. The SMILES string of the molecule is CCOc1c(Br)cc(CN[C@@H](C)C2CCCC2)cc1OC. The zero-order valence-corrected chi connectivity index (χ0v) is 14.8. The summed E-state index contributed by atoms with van der Waals surface area (Å²) in [5, 5.41) is 3.65. The number of methoxy groups -OCH3 is 1. The van der Waals surface area contributed by atoms with Crippen LogP contribution in [0.2, 0.25) is 0 Å². The topological polar surface area (TPSA) is 30.5 Å². The predicted octanol–water partition coefficient (Wildman–Crippen LogP) is 4.52. The van der Waals surface area contributed by atoms with E-state index in [1.54, 1.807) is 7.11 Å². The summed E-state index contributed by atoms with van der Waals surface area (Å²) in [6.45, 7) is 5.77. The van der Waals surface area contributed by atoms with Crippen molar-refractivity contribution in [1.82, 2.24) is 5.32 Å². The van der Waals surface area contributed by atoms with Crippen LogP contribution in [0.5, 0.6) is 11.5 Å². The standard InChI is InChI=1S/C17H26BrNO2/c1-4-21-17-15(18)9-13(10-16(17)20-3)11-19-12(2)14-7-5-6-8-14/h9-10,12,14,19H,4-8,11H2,1-3H3/t12-/m0/s1. The molecule has 1 aromatic rings. The molecular weight excluding hydrogens is 330 g/mol. The molecule has 1 atom stereocenters. The third-order valence-electron chi connectivity index (χ3n) is 4.31. The van der Waals surface area contributed by atoms with Crippen LogP contribution in [0.1, 0.15) is 45.1 Å². The molecule has 3 nitrogen and oxygen atoms in total. The zero-order chi connectivity index (χ0) is 15.2. The summed E-state index contributed by atoms with van der Waals surface area (Å²) in [5.41, 5.74) is 1.21. The van der Waals surface area contributed by atoms with Gasteiger partial charge in [-0.2, -0.15) is 0 Å². The van der Waals surface area contributed by atoms with E-state index in [4.69, 9.17) is 9.47 Å². The first-order chi connectivity index (χ1) is 10.2. The lowest BCUT2D eigenvalue weighted by Crippen LogP contribution is -2.31. The molecule has 1 aromatic carbocycles. The molecule has 0 radical (unpaired) electrons. The molecular formula is C17H26BrNO2. The van der Waals surface area contributed by atoms with Gasteiger partial charge in [-0.3, -0.25) is 0 Å². The van der Waals surface area contributed by atoms with Gasteiger partial charge in [0.25, 0.3) is 0 Å². The van der Waals surface area contributed by atoms with Crippen LogP contribution in [-0.4, -0.2) is 19.8 Å². The van der Waals surface area contributed by atoms with Crippen molar-refractivity contribution in [2.24, 2.45) is 5.92 Å². The van der Waals surface area contributed by atoms with Crippen LogP contribution >= 0.6 is 15.9 Å². The summed E-state index contributed by atoms with van der Waals surface area (Å²) in [7, 11) is 1.68. The van der Waals surface area contributed by atoms with Crippen LogP contribution in [0.15, 0.2) is 16.6 Å². The predicted molar refractivity (Wildman–Crippen MR) is 90.1 cm³/mol. The number of ether oxygens (including phenoxy) is 2. The van der Waals surface area contributed by atoms with Crippen molar-refractivity contribution in [3.05, 3.63) is 22.2 Å². The Hall–Kier alpha value is -0.740. The molecule has 21 heavy (non-hydrogen) atoms. The quantitative estimate of drug-likeness (QED) is 0.779. The highest BCUT2D eigenvalue weighted by Gasteiger charge is 2.21. The van der Waals surface area contributed by atoms with Crippen molar-refractivity contribution >= 4 is 15.9 Å². The number of rotatable bonds is 7. The Bertz CT molecular complexity index is 458. The van der Waals surface area contributed by atoms with Gasteiger partial charge >= 0.3 is 0 Å². The number of hydrogen-bond donors (Lipinski definition) is 1. The molecule has 2 rings (SSSR count). The summed E-state index contributed by atoms with van der Waals surface area (Å²) in [4.78, 5) is 0. The minimum Gasteiger partial charge on any atom is -0.493 e. The van der Waals surface area contributed by atoms with Gasteiger partial charge in [0.15, 0.2) is 11.5 Å². The average Bonchev–Trinajstić information content (AvgIpc) is 3.01. The van der Waals surface area contributed by atoms with E-state index in [1.165, 1.54) is 31.2 Å². The molecule has 118 valence electrons. The second-order valence-electron chi connectivity index (χ2n) is 5.76. The van der Waals surface area contributed by atoms with Crippen LogP contribution in [0, 0.1) is 5.92 Å². The highest BCUT2D eigenvalue weighted by atomic mass is 79.9. The van der Waals surface area contributed by atoms with E-state index in [0.29, 0.717) is 12.6 Å². The fourth-order valence-electron chi connectivity index (χ4n) is 3.06. The Morgan fingerprint density at radius 2 is 2.05 bits per heavy atom. The lowest BCUT2D eigenvalue weighted by molar-refractivity contribution is 0.308. The van der Waals surface area contributed by atoms with E-state index in [-0.39, 0.29) is 0 Å². The van der Waals surface area contributed by atoms with Crippen LogP contribution in [0.4, 0.5) is 0 Å². The van der Waals surface area contributed by atoms with Crippen molar-refractivity contribution < 1.29 is 9.47 Å².